The summed E-state index contributed by atoms with van der Waals surface area (Å²) in [4.78, 5) is 0. The monoisotopic (exact) mass is 242 g/mol. The molecule has 3 rings (SSSR count). The van der Waals surface area contributed by atoms with Crippen LogP contribution in [0.4, 0.5) is 0 Å². The zero-order valence-corrected chi connectivity index (χ0v) is 10.6. The van der Waals surface area contributed by atoms with Crippen molar-refractivity contribution in [3.05, 3.63) is 52.9 Å². The molecule has 1 aliphatic rings. The molecule has 0 aliphatic heterocycles. The van der Waals surface area contributed by atoms with Crippen LogP contribution in [-0.4, -0.2) is 5.16 Å². The summed E-state index contributed by atoms with van der Waals surface area (Å²) < 4.78 is 5.04. The Kier molecular flexibility index (Phi) is 3.15. The van der Waals surface area contributed by atoms with E-state index in [1.165, 1.54) is 24.0 Å². The highest BCUT2D eigenvalue weighted by atomic mass is 16.5. The summed E-state index contributed by atoms with van der Waals surface area (Å²) in [5.74, 6) is 1.69. The minimum Gasteiger partial charge on any atom is -0.361 e. The van der Waals surface area contributed by atoms with Crippen molar-refractivity contribution in [1.82, 2.24) is 10.5 Å². The van der Waals surface area contributed by atoms with Crippen LogP contribution in [0.2, 0.25) is 0 Å². The minimum atomic E-state index is 0.755. The lowest BCUT2D eigenvalue weighted by atomic mass is 10.1. The molecule has 1 aromatic heterocycles. The zero-order valence-electron chi connectivity index (χ0n) is 10.6. The van der Waals surface area contributed by atoms with Gasteiger partial charge in [-0.2, -0.15) is 0 Å². The van der Waals surface area contributed by atoms with Crippen molar-refractivity contribution in [1.29, 1.82) is 0 Å². The summed E-state index contributed by atoms with van der Waals surface area (Å²) in [6.07, 6.45) is 2.71. The van der Waals surface area contributed by atoms with Gasteiger partial charge >= 0.3 is 0 Å². The molecule has 0 radical (unpaired) electrons. The first-order chi connectivity index (χ1) is 8.81. The van der Waals surface area contributed by atoms with E-state index >= 15 is 0 Å². The number of nitrogens with zero attached hydrogens (tertiary/aromatic N) is 1. The summed E-state index contributed by atoms with van der Waals surface area (Å²) in [5, 5.41) is 7.36. The molecule has 1 aromatic carbocycles. The number of nitrogens with one attached hydrogen (secondary N) is 1. The number of aryl methyl sites for hydroxylation is 1. The van der Waals surface area contributed by atoms with Crippen LogP contribution in [0.3, 0.4) is 0 Å². The Morgan fingerprint density at radius 1 is 1.28 bits per heavy atom. The first-order valence-electron chi connectivity index (χ1n) is 6.53. The largest absolute Gasteiger partial charge is 0.361 e. The molecule has 0 saturated heterocycles. The van der Waals surface area contributed by atoms with Gasteiger partial charge in [0.1, 0.15) is 5.76 Å². The molecular weight excluding hydrogens is 224 g/mol. The van der Waals surface area contributed by atoms with Gasteiger partial charge in [-0.1, -0.05) is 29.4 Å². The van der Waals surface area contributed by atoms with Gasteiger partial charge in [0.05, 0.1) is 5.69 Å². The summed E-state index contributed by atoms with van der Waals surface area (Å²) in [5.41, 5.74) is 3.80. The average Bonchev–Trinajstić information content (AvgIpc) is 3.14. The average molecular weight is 242 g/mol. The molecule has 0 spiro atoms. The van der Waals surface area contributed by atoms with Gasteiger partial charge in [0, 0.05) is 19.2 Å². The van der Waals surface area contributed by atoms with E-state index in [0.717, 1.165) is 30.5 Å². The van der Waals surface area contributed by atoms with Crippen molar-refractivity contribution in [2.75, 3.05) is 0 Å². The highest BCUT2D eigenvalue weighted by molar-refractivity contribution is 5.29. The van der Waals surface area contributed by atoms with Crippen molar-refractivity contribution < 1.29 is 4.52 Å². The van der Waals surface area contributed by atoms with Crippen molar-refractivity contribution in [3.8, 4) is 0 Å². The lowest BCUT2D eigenvalue weighted by molar-refractivity contribution is 0.388. The maximum Gasteiger partial charge on any atom is 0.133 e. The molecule has 0 bridgehead atoms. The van der Waals surface area contributed by atoms with E-state index in [9.17, 15) is 0 Å². The van der Waals surface area contributed by atoms with Crippen molar-refractivity contribution in [2.45, 2.75) is 38.8 Å². The van der Waals surface area contributed by atoms with Crippen molar-refractivity contribution >= 4 is 0 Å². The Morgan fingerprint density at radius 2 is 2.17 bits per heavy atom. The van der Waals surface area contributed by atoms with Crippen LogP contribution in [0.15, 0.2) is 34.9 Å². The van der Waals surface area contributed by atoms with E-state index in [4.69, 9.17) is 4.52 Å². The number of rotatable bonds is 5. The third-order valence-electron chi connectivity index (χ3n) is 3.31. The van der Waals surface area contributed by atoms with Crippen LogP contribution in [0, 0.1) is 6.92 Å². The molecule has 0 atom stereocenters. The molecule has 3 heteroatoms. The van der Waals surface area contributed by atoms with Gasteiger partial charge in [-0.15, -0.1) is 0 Å². The van der Waals surface area contributed by atoms with E-state index in [2.05, 4.69) is 34.7 Å². The SMILES string of the molecule is Cc1cc(CNCc2cccc(C3CC3)c2)no1. The number of aromatic nitrogens is 1. The van der Waals surface area contributed by atoms with Crippen LogP contribution in [-0.2, 0) is 13.1 Å². The minimum absolute atomic E-state index is 0.755. The normalized spacial score (nSPS) is 14.9. The molecule has 0 unspecified atom stereocenters. The van der Waals surface area contributed by atoms with E-state index in [-0.39, 0.29) is 0 Å². The number of hydrogen-bond acceptors (Lipinski definition) is 3. The predicted octanol–water partition coefficient (Wildman–Crippen LogP) is 3.15. The van der Waals surface area contributed by atoms with Crippen LogP contribution < -0.4 is 5.32 Å². The zero-order chi connectivity index (χ0) is 12.4. The molecule has 94 valence electrons. The Labute approximate surface area is 107 Å². The van der Waals surface area contributed by atoms with E-state index in [1.807, 2.05) is 13.0 Å². The molecule has 18 heavy (non-hydrogen) atoms. The highest BCUT2D eigenvalue weighted by Gasteiger charge is 2.23. The molecule has 1 N–H and O–H groups in total. The third-order valence-corrected chi connectivity index (χ3v) is 3.31. The van der Waals surface area contributed by atoms with E-state index in [1.54, 1.807) is 0 Å². The fourth-order valence-corrected chi connectivity index (χ4v) is 2.21. The summed E-state index contributed by atoms with van der Waals surface area (Å²) in [6.45, 7) is 3.55. The topological polar surface area (TPSA) is 38.1 Å². The van der Waals surface area contributed by atoms with Gasteiger partial charge in [-0.3, -0.25) is 0 Å². The molecule has 2 aromatic rings. The van der Waals surface area contributed by atoms with Gasteiger partial charge in [0.25, 0.3) is 0 Å². The fraction of sp³-hybridized carbons (Fsp3) is 0.400. The van der Waals surface area contributed by atoms with Crippen LogP contribution in [0.25, 0.3) is 0 Å². The van der Waals surface area contributed by atoms with Crippen LogP contribution >= 0.6 is 0 Å². The van der Waals surface area contributed by atoms with Gasteiger partial charge in [0.2, 0.25) is 0 Å². The van der Waals surface area contributed by atoms with Gasteiger partial charge in [-0.05, 0) is 36.8 Å². The first-order valence-corrected chi connectivity index (χ1v) is 6.53. The first kappa shape index (κ1) is 11.5. The van der Waals surface area contributed by atoms with Crippen LogP contribution in [0.5, 0.6) is 0 Å². The van der Waals surface area contributed by atoms with Gasteiger partial charge < -0.3 is 9.84 Å². The second kappa shape index (κ2) is 4.94. The Morgan fingerprint density at radius 3 is 2.89 bits per heavy atom. The molecular formula is C15H18N2O. The fourth-order valence-electron chi connectivity index (χ4n) is 2.21. The van der Waals surface area contributed by atoms with Crippen LogP contribution in [0.1, 0.15) is 41.3 Å². The number of benzene rings is 1. The van der Waals surface area contributed by atoms with Crippen molar-refractivity contribution in [2.24, 2.45) is 0 Å². The quantitative estimate of drug-likeness (QED) is 0.875. The lowest BCUT2D eigenvalue weighted by Crippen LogP contribution is -2.12. The Bertz CT molecular complexity index is 529. The standard InChI is InChI=1S/C15H18N2O/c1-11-7-15(17-18-11)10-16-9-12-3-2-4-14(8-12)13-5-6-13/h2-4,7-8,13,16H,5-6,9-10H2,1H3. The summed E-state index contributed by atoms with van der Waals surface area (Å²) in [7, 11) is 0. The van der Waals surface area contributed by atoms with Gasteiger partial charge in [-0.25, -0.2) is 0 Å². The molecule has 1 fully saturated rings. The van der Waals surface area contributed by atoms with E-state index < -0.39 is 0 Å². The maximum absolute atomic E-state index is 5.04. The van der Waals surface area contributed by atoms with Crippen molar-refractivity contribution in [3.63, 3.8) is 0 Å². The second-order valence-corrected chi connectivity index (χ2v) is 5.05. The van der Waals surface area contributed by atoms with Gasteiger partial charge in [0.15, 0.2) is 0 Å². The molecule has 1 saturated carbocycles. The summed E-state index contributed by atoms with van der Waals surface area (Å²) in [6, 6.07) is 10.9. The molecule has 3 nitrogen and oxygen atoms in total. The third kappa shape index (κ3) is 2.79. The Hall–Kier alpha value is -1.61. The Balaban J connectivity index is 1.54. The molecule has 1 aliphatic carbocycles. The summed E-state index contributed by atoms with van der Waals surface area (Å²) >= 11 is 0. The molecule has 1 heterocycles. The van der Waals surface area contributed by atoms with E-state index in [0.29, 0.717) is 0 Å². The number of hydrogen-bond donors (Lipinski definition) is 1. The maximum atomic E-state index is 5.04. The second-order valence-electron chi connectivity index (χ2n) is 5.05. The smallest absolute Gasteiger partial charge is 0.133 e. The highest BCUT2D eigenvalue weighted by Crippen LogP contribution is 2.40. The molecule has 0 amide bonds. The lowest BCUT2D eigenvalue weighted by Gasteiger charge is -2.05. The predicted molar refractivity (Wildman–Crippen MR) is 70.2 cm³/mol.